The van der Waals surface area contributed by atoms with Crippen LogP contribution in [0.15, 0.2) is 0 Å². The molecule has 32 heavy (non-hydrogen) atoms. The summed E-state index contributed by atoms with van der Waals surface area (Å²) in [6, 6.07) is 0. The third-order valence-electron chi connectivity index (χ3n) is 4.16. The fourth-order valence-electron chi connectivity index (χ4n) is 1.08. The van der Waals surface area contributed by atoms with Gasteiger partial charge in [0.15, 0.2) is 0 Å². The number of ketones is 4. The Balaban J connectivity index is -0.000000165. The summed E-state index contributed by atoms with van der Waals surface area (Å²) in [4.78, 5) is 62.8. The van der Waals surface area contributed by atoms with Crippen molar-refractivity contribution in [2.75, 3.05) is 14.2 Å². The number of carbonyl (C=O) groups excluding carboxylic acids is 6. The molecule has 0 rings (SSSR count). The average molecular weight is 458 g/mol. The van der Waals surface area contributed by atoms with Gasteiger partial charge in [0, 0.05) is 25.4 Å². The first-order chi connectivity index (χ1) is 14.5. The van der Waals surface area contributed by atoms with Gasteiger partial charge in [0.1, 0.15) is 29.1 Å². The lowest BCUT2D eigenvalue weighted by molar-refractivity contribution is -0.148. The summed E-state index contributed by atoms with van der Waals surface area (Å²) >= 11 is 0. The number of esters is 1. The molecule has 0 saturated heterocycles. The molecule has 0 aliphatic heterocycles. The summed E-state index contributed by atoms with van der Waals surface area (Å²) in [5, 5.41) is 15.5. The second-order valence-electron chi connectivity index (χ2n) is 6.94. The zero-order valence-corrected chi connectivity index (χ0v) is 20.8. The lowest BCUT2D eigenvalue weighted by atomic mass is 10.0. The molecule has 0 bridgehead atoms. The molecule has 0 heterocycles. The molecule has 0 aliphatic rings. The summed E-state index contributed by atoms with van der Waals surface area (Å²) in [6.45, 7) is 12.1. The molecule has 0 aromatic heterocycles. The fourth-order valence-corrected chi connectivity index (χ4v) is 1.08. The molecule has 0 aromatic carbocycles. The molecule has 0 spiro atoms. The zero-order chi connectivity index (χ0) is 26.6. The van der Waals surface area contributed by atoms with Crippen LogP contribution in [-0.4, -0.2) is 61.6 Å². The van der Waals surface area contributed by atoms with E-state index in [1.807, 2.05) is 0 Å². The molecule has 2 unspecified atom stereocenters. The van der Waals surface area contributed by atoms with Crippen LogP contribution in [0.3, 0.4) is 0 Å². The van der Waals surface area contributed by atoms with Crippen molar-refractivity contribution in [3.05, 3.63) is 0 Å². The predicted molar refractivity (Wildman–Crippen MR) is 123 cm³/mol. The molecular formula is C22H39N3O7. The maximum absolute atomic E-state index is 10.6. The van der Waals surface area contributed by atoms with Crippen LogP contribution < -0.4 is 5.32 Å². The number of ether oxygens (including phenoxy) is 1. The van der Waals surface area contributed by atoms with Crippen molar-refractivity contribution in [2.45, 2.75) is 55.4 Å². The van der Waals surface area contributed by atoms with Crippen molar-refractivity contribution >= 4 is 47.4 Å². The van der Waals surface area contributed by atoms with Crippen molar-refractivity contribution in [1.82, 2.24) is 5.32 Å². The number of Topliss-reactive ketones (excluding diaryl/α,β-unsaturated/α-hetero) is 4. The van der Waals surface area contributed by atoms with Crippen LogP contribution in [0.25, 0.3) is 0 Å². The Bertz CT molecular complexity index is 606. The van der Waals surface area contributed by atoms with Gasteiger partial charge in [-0.05, 0) is 48.5 Å². The third-order valence-corrected chi connectivity index (χ3v) is 4.16. The van der Waals surface area contributed by atoms with E-state index in [0.29, 0.717) is 0 Å². The summed E-state index contributed by atoms with van der Waals surface area (Å²) in [7, 11) is 2.78. The van der Waals surface area contributed by atoms with Crippen molar-refractivity contribution in [1.29, 1.82) is 10.8 Å². The summed E-state index contributed by atoms with van der Waals surface area (Å²) < 4.78 is 4.31. The molecule has 0 saturated carbocycles. The van der Waals surface area contributed by atoms with E-state index in [1.165, 1.54) is 61.2 Å². The van der Waals surface area contributed by atoms with Crippen LogP contribution >= 0.6 is 0 Å². The Hall–Kier alpha value is -3.04. The van der Waals surface area contributed by atoms with Crippen LogP contribution in [0.2, 0.25) is 0 Å². The quantitative estimate of drug-likeness (QED) is 0.284. The smallest absolute Gasteiger partial charge is 0.315 e. The lowest BCUT2D eigenvalue weighted by Crippen LogP contribution is -2.29. The summed E-state index contributed by atoms with van der Waals surface area (Å²) in [5.74, 6) is -2.58. The minimum absolute atomic E-state index is 0.0185. The third kappa shape index (κ3) is 21.7. The number of nitrogens with one attached hydrogen (secondary N) is 3. The highest BCUT2D eigenvalue weighted by Crippen LogP contribution is 1.97. The molecular weight excluding hydrogens is 418 g/mol. The normalized spacial score (nSPS) is 11.7. The highest BCUT2D eigenvalue weighted by molar-refractivity contribution is 6.00. The monoisotopic (exact) mass is 457 g/mol. The Labute approximate surface area is 190 Å². The van der Waals surface area contributed by atoms with E-state index in [0.717, 1.165) is 0 Å². The van der Waals surface area contributed by atoms with Crippen molar-refractivity contribution in [2.24, 2.45) is 23.7 Å². The summed E-state index contributed by atoms with van der Waals surface area (Å²) in [5.41, 5.74) is 0. The molecule has 0 aliphatic carbocycles. The lowest BCUT2D eigenvalue weighted by Gasteiger charge is -2.03. The number of hydrogen-bond acceptors (Lipinski definition) is 9. The second kappa shape index (κ2) is 21.2. The number of hydrogen-bond donors (Lipinski definition) is 3. The molecule has 0 radical (unpaired) electrons. The number of methoxy groups -OCH3 is 1. The molecule has 0 aromatic rings. The highest BCUT2D eigenvalue weighted by atomic mass is 16.5. The van der Waals surface area contributed by atoms with E-state index in [-0.39, 0.29) is 35.0 Å². The Kier molecular flexibility index (Phi) is 24.1. The minimum Gasteiger partial charge on any atom is -0.468 e. The SMILES string of the molecule is CC(=O)C(C)C(C)=O.CC(C=N)C=N.CNC(=O)C(C)C(C)=O.COC(=O)C(C)C(C)=O. The first kappa shape index (κ1) is 36.3. The van der Waals surface area contributed by atoms with E-state index in [9.17, 15) is 28.8 Å². The minimum atomic E-state index is -0.616. The van der Waals surface area contributed by atoms with Gasteiger partial charge >= 0.3 is 5.97 Å². The van der Waals surface area contributed by atoms with E-state index in [4.69, 9.17) is 10.8 Å². The van der Waals surface area contributed by atoms with Gasteiger partial charge in [-0.2, -0.15) is 0 Å². The van der Waals surface area contributed by atoms with Gasteiger partial charge in [-0.25, -0.2) is 0 Å². The summed E-state index contributed by atoms with van der Waals surface area (Å²) in [6.07, 6.45) is 2.46. The number of amides is 1. The van der Waals surface area contributed by atoms with Crippen LogP contribution in [-0.2, 0) is 33.5 Å². The largest absolute Gasteiger partial charge is 0.468 e. The Morgan fingerprint density at radius 2 is 1.00 bits per heavy atom. The Morgan fingerprint density at radius 1 is 0.688 bits per heavy atom. The van der Waals surface area contributed by atoms with Crippen LogP contribution in [0.4, 0.5) is 0 Å². The topological polar surface area (TPSA) is 171 Å². The van der Waals surface area contributed by atoms with Crippen molar-refractivity contribution < 1.29 is 33.5 Å². The predicted octanol–water partition coefficient (Wildman–Crippen LogP) is 2.06. The maximum Gasteiger partial charge on any atom is 0.315 e. The van der Waals surface area contributed by atoms with E-state index in [1.54, 1.807) is 20.8 Å². The average Bonchev–Trinajstić information content (AvgIpc) is 2.76. The molecule has 10 nitrogen and oxygen atoms in total. The van der Waals surface area contributed by atoms with Gasteiger partial charge in [0.25, 0.3) is 0 Å². The Morgan fingerprint density at radius 3 is 1.06 bits per heavy atom. The molecule has 10 heteroatoms. The molecule has 1 amide bonds. The van der Waals surface area contributed by atoms with Crippen LogP contribution in [0.1, 0.15) is 55.4 Å². The standard InChI is InChI=1S/C6H11NO2.C6H10O3.C6H10O2.C4H8N2/c1-4(5(2)8)6(9)7-3;1-4(5(2)7)6(8)9-3;1-4(5(2)7)6(3)8;1-4(2-5)3-6/h4H,1-3H3,(H,7,9);4H,1-3H3;4H,1-3H3;2-6H,1H3. The fraction of sp³-hybridized carbons (Fsp3) is 0.636. The van der Waals surface area contributed by atoms with Gasteiger partial charge in [-0.3, -0.25) is 28.8 Å². The van der Waals surface area contributed by atoms with Crippen molar-refractivity contribution in [3.63, 3.8) is 0 Å². The van der Waals surface area contributed by atoms with Gasteiger partial charge in [-0.1, -0.05) is 6.92 Å². The van der Waals surface area contributed by atoms with E-state index >= 15 is 0 Å². The first-order valence-electron chi connectivity index (χ1n) is 9.87. The van der Waals surface area contributed by atoms with Gasteiger partial charge in [0.05, 0.1) is 18.9 Å². The van der Waals surface area contributed by atoms with Crippen molar-refractivity contribution in [3.8, 4) is 0 Å². The molecule has 2 atom stereocenters. The molecule has 3 N–H and O–H groups in total. The van der Waals surface area contributed by atoms with Crippen LogP contribution in [0.5, 0.6) is 0 Å². The zero-order valence-electron chi connectivity index (χ0n) is 20.8. The first-order valence-corrected chi connectivity index (χ1v) is 9.87. The van der Waals surface area contributed by atoms with Gasteiger partial charge in [0.2, 0.25) is 5.91 Å². The number of carbonyl (C=O) groups is 6. The van der Waals surface area contributed by atoms with Gasteiger partial charge in [-0.15, -0.1) is 0 Å². The number of rotatable bonds is 8. The maximum atomic E-state index is 10.6. The van der Waals surface area contributed by atoms with E-state index in [2.05, 4.69) is 10.1 Å². The van der Waals surface area contributed by atoms with E-state index < -0.39 is 23.7 Å². The van der Waals surface area contributed by atoms with Gasteiger partial charge < -0.3 is 20.9 Å². The van der Waals surface area contributed by atoms with Crippen LogP contribution in [0, 0.1) is 34.5 Å². The second-order valence-corrected chi connectivity index (χ2v) is 6.94. The highest BCUT2D eigenvalue weighted by Gasteiger charge is 2.17. The molecule has 0 fully saturated rings. The molecule has 184 valence electrons.